The summed E-state index contributed by atoms with van der Waals surface area (Å²) in [7, 11) is 1.15. The highest BCUT2D eigenvalue weighted by Crippen LogP contribution is 2.41. The first kappa shape index (κ1) is 22.1. The lowest BCUT2D eigenvalue weighted by atomic mass is 9.80. The van der Waals surface area contributed by atoms with Gasteiger partial charge in [-0.2, -0.15) is 13.2 Å². The minimum Gasteiger partial charge on any atom is -0.507 e. The number of hydrogen-bond donors (Lipinski definition) is 2. The summed E-state index contributed by atoms with van der Waals surface area (Å²) in [6.45, 7) is 0. The van der Waals surface area contributed by atoms with E-state index in [2.05, 4.69) is 5.32 Å². The number of aromatic hydroxyl groups is 1. The van der Waals surface area contributed by atoms with Crippen molar-refractivity contribution in [3.05, 3.63) is 53.8 Å². The van der Waals surface area contributed by atoms with Gasteiger partial charge in [0.05, 0.1) is 7.11 Å². The molecule has 1 fully saturated rings. The third-order valence-electron chi connectivity index (χ3n) is 5.55. The van der Waals surface area contributed by atoms with Crippen molar-refractivity contribution in [2.24, 2.45) is 0 Å². The molecule has 0 amide bonds. The zero-order chi connectivity index (χ0) is 21.9. The summed E-state index contributed by atoms with van der Waals surface area (Å²) in [5, 5.41) is 12.8. The van der Waals surface area contributed by atoms with Crippen molar-refractivity contribution in [2.45, 2.75) is 49.9 Å². The van der Waals surface area contributed by atoms with Gasteiger partial charge >= 0.3 is 12.1 Å². The molecule has 30 heavy (non-hydrogen) atoms. The highest BCUT2D eigenvalue weighted by molar-refractivity contribution is 5.81. The Bertz CT molecular complexity index is 907. The van der Waals surface area contributed by atoms with Gasteiger partial charge in [-0.25, -0.2) is 4.39 Å². The second-order valence-electron chi connectivity index (χ2n) is 7.51. The molecule has 1 saturated carbocycles. The van der Waals surface area contributed by atoms with Crippen LogP contribution in [-0.4, -0.2) is 29.9 Å². The molecule has 8 heteroatoms. The molecular formula is C22H23F4NO3. The summed E-state index contributed by atoms with van der Waals surface area (Å²) in [4.78, 5) is 12.4. The van der Waals surface area contributed by atoms with Crippen molar-refractivity contribution in [1.29, 1.82) is 0 Å². The third-order valence-corrected chi connectivity index (χ3v) is 5.55. The van der Waals surface area contributed by atoms with Crippen molar-refractivity contribution in [2.75, 3.05) is 7.11 Å². The van der Waals surface area contributed by atoms with E-state index in [4.69, 9.17) is 4.74 Å². The molecule has 2 aromatic carbocycles. The first-order valence-electron chi connectivity index (χ1n) is 9.68. The molecule has 1 aliphatic carbocycles. The monoisotopic (exact) mass is 425 g/mol. The summed E-state index contributed by atoms with van der Waals surface area (Å²) >= 11 is 0. The van der Waals surface area contributed by atoms with Crippen molar-refractivity contribution in [3.63, 3.8) is 0 Å². The molecule has 0 radical (unpaired) electrons. The Balaban J connectivity index is 1.99. The van der Waals surface area contributed by atoms with Crippen LogP contribution in [0.4, 0.5) is 17.6 Å². The zero-order valence-electron chi connectivity index (χ0n) is 16.4. The number of alkyl halides is 3. The number of esters is 1. The zero-order valence-corrected chi connectivity index (χ0v) is 16.4. The maximum absolute atomic E-state index is 14.0. The fraction of sp³-hybridized carbons (Fsp3) is 0.409. The largest absolute Gasteiger partial charge is 0.507 e. The van der Waals surface area contributed by atoms with Crippen LogP contribution in [0, 0.1) is 5.82 Å². The number of hydrogen-bond acceptors (Lipinski definition) is 4. The van der Waals surface area contributed by atoms with Gasteiger partial charge in [0.15, 0.2) is 0 Å². The van der Waals surface area contributed by atoms with Gasteiger partial charge in [0.25, 0.3) is 0 Å². The molecule has 1 atom stereocenters. The van der Waals surface area contributed by atoms with Crippen molar-refractivity contribution in [1.82, 2.24) is 5.32 Å². The molecule has 2 aromatic rings. The SMILES string of the molecule is COC(=O)C1(NC(c2ccc(-c3ccccc3F)c(O)c2)C(F)(F)F)CCCCC1. The van der Waals surface area contributed by atoms with E-state index < -0.39 is 35.3 Å². The summed E-state index contributed by atoms with van der Waals surface area (Å²) in [6, 6.07) is 6.86. The number of nitrogens with one attached hydrogen (secondary N) is 1. The number of phenolic OH excluding ortho intramolecular Hbond substituents is 1. The molecule has 0 aliphatic heterocycles. The first-order chi connectivity index (χ1) is 14.2. The molecule has 4 nitrogen and oxygen atoms in total. The lowest BCUT2D eigenvalue weighted by Gasteiger charge is -2.39. The van der Waals surface area contributed by atoms with Crippen molar-refractivity contribution >= 4 is 5.97 Å². The Morgan fingerprint density at radius 3 is 2.33 bits per heavy atom. The molecule has 2 N–H and O–H groups in total. The summed E-state index contributed by atoms with van der Waals surface area (Å²) in [5.74, 6) is -1.81. The van der Waals surface area contributed by atoms with Crippen LogP contribution >= 0.6 is 0 Å². The molecule has 1 aliphatic rings. The highest BCUT2D eigenvalue weighted by atomic mass is 19.4. The maximum atomic E-state index is 14.0. The van der Waals surface area contributed by atoms with Crippen LogP contribution in [0.3, 0.4) is 0 Å². The molecule has 3 rings (SSSR count). The fourth-order valence-corrected chi connectivity index (χ4v) is 4.02. The molecule has 0 heterocycles. The Kier molecular flexibility index (Phi) is 6.36. The van der Waals surface area contributed by atoms with Crippen LogP contribution < -0.4 is 5.32 Å². The van der Waals surface area contributed by atoms with Crippen LogP contribution in [-0.2, 0) is 9.53 Å². The Labute approximate surface area is 171 Å². The molecule has 0 saturated heterocycles. The van der Waals surface area contributed by atoms with E-state index in [1.54, 1.807) is 6.07 Å². The van der Waals surface area contributed by atoms with Crippen LogP contribution in [0.15, 0.2) is 42.5 Å². The highest BCUT2D eigenvalue weighted by Gasteiger charge is 2.49. The summed E-state index contributed by atoms with van der Waals surface area (Å²) < 4.78 is 60.7. The van der Waals surface area contributed by atoms with Crippen LogP contribution in [0.25, 0.3) is 11.1 Å². The minimum atomic E-state index is -4.73. The van der Waals surface area contributed by atoms with Crippen LogP contribution in [0.5, 0.6) is 5.75 Å². The minimum absolute atomic E-state index is 0.0800. The average Bonchev–Trinajstić information content (AvgIpc) is 2.72. The molecule has 0 aromatic heterocycles. The number of carbonyl (C=O) groups excluding carboxylic acids is 1. The predicted octanol–water partition coefficient (Wildman–Crippen LogP) is 5.27. The Morgan fingerprint density at radius 2 is 1.77 bits per heavy atom. The van der Waals surface area contributed by atoms with E-state index in [-0.39, 0.29) is 29.5 Å². The van der Waals surface area contributed by atoms with E-state index in [1.165, 1.54) is 30.3 Å². The Hall–Kier alpha value is -2.61. The predicted molar refractivity (Wildman–Crippen MR) is 103 cm³/mol. The van der Waals surface area contributed by atoms with E-state index in [0.717, 1.165) is 19.6 Å². The number of phenols is 1. The number of carbonyl (C=O) groups is 1. The number of rotatable bonds is 5. The fourth-order valence-electron chi connectivity index (χ4n) is 4.02. The topological polar surface area (TPSA) is 58.6 Å². The second-order valence-corrected chi connectivity index (χ2v) is 7.51. The number of ether oxygens (including phenoxy) is 1. The van der Waals surface area contributed by atoms with E-state index >= 15 is 0 Å². The van der Waals surface area contributed by atoms with Gasteiger partial charge in [0, 0.05) is 11.1 Å². The van der Waals surface area contributed by atoms with Gasteiger partial charge in [-0.05, 0) is 30.5 Å². The number of halogens is 4. The quantitative estimate of drug-likeness (QED) is 0.506. The van der Waals surface area contributed by atoms with Crippen molar-refractivity contribution in [3.8, 4) is 16.9 Å². The first-order valence-corrected chi connectivity index (χ1v) is 9.68. The number of benzene rings is 2. The maximum Gasteiger partial charge on any atom is 0.407 e. The molecule has 0 bridgehead atoms. The average molecular weight is 425 g/mol. The standard InChI is InChI=1S/C22H23F4NO3/c1-30-20(29)21(11-5-2-6-12-21)27-19(22(24,25)26)14-9-10-16(18(28)13-14)15-7-3-4-8-17(15)23/h3-4,7-10,13,19,27-28H,2,5-6,11-12H2,1H3. The summed E-state index contributed by atoms with van der Waals surface area (Å²) in [6.07, 6.45) is -2.24. The number of methoxy groups -OCH3 is 1. The second kappa shape index (κ2) is 8.63. The normalized spacial score (nSPS) is 17.4. The third kappa shape index (κ3) is 4.43. The van der Waals surface area contributed by atoms with E-state index in [0.29, 0.717) is 12.8 Å². The van der Waals surface area contributed by atoms with Gasteiger partial charge in [-0.3, -0.25) is 10.1 Å². The van der Waals surface area contributed by atoms with Gasteiger partial charge in [-0.15, -0.1) is 0 Å². The van der Waals surface area contributed by atoms with Crippen LogP contribution in [0.1, 0.15) is 43.7 Å². The van der Waals surface area contributed by atoms with Gasteiger partial charge in [0.2, 0.25) is 0 Å². The van der Waals surface area contributed by atoms with Gasteiger partial charge in [-0.1, -0.05) is 49.6 Å². The molecule has 162 valence electrons. The van der Waals surface area contributed by atoms with Crippen molar-refractivity contribution < 1.29 is 32.2 Å². The lowest BCUT2D eigenvalue weighted by molar-refractivity contribution is -0.172. The lowest BCUT2D eigenvalue weighted by Crippen LogP contribution is -2.57. The molecule has 0 spiro atoms. The van der Waals surface area contributed by atoms with Gasteiger partial charge < -0.3 is 9.84 Å². The van der Waals surface area contributed by atoms with Gasteiger partial charge in [0.1, 0.15) is 23.1 Å². The molecule has 1 unspecified atom stereocenters. The Morgan fingerprint density at radius 1 is 1.10 bits per heavy atom. The van der Waals surface area contributed by atoms with Crippen LogP contribution in [0.2, 0.25) is 0 Å². The summed E-state index contributed by atoms with van der Waals surface area (Å²) in [5.41, 5.74) is -1.56. The van der Waals surface area contributed by atoms with E-state index in [1.807, 2.05) is 0 Å². The smallest absolute Gasteiger partial charge is 0.407 e. The molecular weight excluding hydrogens is 402 g/mol. The van der Waals surface area contributed by atoms with E-state index in [9.17, 15) is 27.5 Å².